The largest absolute Gasteiger partial charge is 0.508 e. The summed E-state index contributed by atoms with van der Waals surface area (Å²) < 4.78 is 1.07. The second kappa shape index (κ2) is 4.77. The van der Waals surface area contributed by atoms with E-state index in [1.54, 1.807) is 6.07 Å². The van der Waals surface area contributed by atoms with E-state index in [1.165, 1.54) is 5.56 Å². The minimum absolute atomic E-state index is 0.212. The van der Waals surface area contributed by atoms with E-state index < -0.39 is 0 Å². The lowest BCUT2D eigenvalue weighted by Gasteiger charge is -2.27. The van der Waals surface area contributed by atoms with E-state index in [4.69, 9.17) is 0 Å². The first-order valence-corrected chi connectivity index (χ1v) is 6.76. The fraction of sp³-hybridized carbons (Fsp3) is 0.250. The summed E-state index contributed by atoms with van der Waals surface area (Å²) >= 11 is 3.45. The van der Waals surface area contributed by atoms with Gasteiger partial charge in [0.2, 0.25) is 0 Å². The van der Waals surface area contributed by atoms with Crippen molar-refractivity contribution in [1.29, 1.82) is 0 Å². The van der Waals surface area contributed by atoms with Crippen LogP contribution in [0, 0.1) is 6.92 Å². The van der Waals surface area contributed by atoms with Crippen LogP contribution in [0.5, 0.6) is 5.75 Å². The van der Waals surface area contributed by atoms with Crippen LogP contribution in [0.1, 0.15) is 30.5 Å². The molecular formula is C16H17BrO. The van der Waals surface area contributed by atoms with Gasteiger partial charge in [-0.05, 0) is 30.7 Å². The number of aromatic hydroxyl groups is 1. The van der Waals surface area contributed by atoms with Gasteiger partial charge in [0.25, 0.3) is 0 Å². The maximum Gasteiger partial charge on any atom is 0.119 e. The van der Waals surface area contributed by atoms with E-state index in [0.717, 1.165) is 15.6 Å². The second-order valence-corrected chi connectivity index (χ2v) is 6.07. The molecule has 1 N–H and O–H groups in total. The molecule has 2 heteroatoms. The Balaban J connectivity index is 2.53. The standard InChI is InChI=1S/C16H17BrO/c1-11-4-9-15(18)14(10-11)16(2,3)12-5-7-13(17)8-6-12/h4-10,18H,1-3H3. The number of hydrogen-bond acceptors (Lipinski definition) is 1. The fourth-order valence-corrected chi connectivity index (χ4v) is 2.44. The van der Waals surface area contributed by atoms with Gasteiger partial charge in [0.15, 0.2) is 0 Å². The molecule has 0 spiro atoms. The van der Waals surface area contributed by atoms with Crippen molar-refractivity contribution in [2.45, 2.75) is 26.2 Å². The number of aryl methyl sites for hydroxylation is 1. The molecule has 0 radical (unpaired) electrons. The molecule has 0 aliphatic rings. The van der Waals surface area contributed by atoms with Crippen LogP contribution in [0.3, 0.4) is 0 Å². The first-order valence-electron chi connectivity index (χ1n) is 5.97. The molecule has 2 rings (SSSR count). The van der Waals surface area contributed by atoms with Crippen LogP contribution < -0.4 is 0 Å². The molecule has 0 aliphatic heterocycles. The van der Waals surface area contributed by atoms with Crippen molar-refractivity contribution in [2.24, 2.45) is 0 Å². The van der Waals surface area contributed by atoms with Gasteiger partial charge >= 0.3 is 0 Å². The zero-order valence-electron chi connectivity index (χ0n) is 10.9. The molecule has 0 unspecified atom stereocenters. The molecule has 1 nitrogen and oxygen atoms in total. The highest BCUT2D eigenvalue weighted by molar-refractivity contribution is 9.10. The van der Waals surface area contributed by atoms with Crippen LogP contribution in [0.2, 0.25) is 0 Å². The number of hydrogen-bond donors (Lipinski definition) is 1. The van der Waals surface area contributed by atoms with Crippen LogP contribution in [0.15, 0.2) is 46.9 Å². The Bertz CT molecular complexity index is 556. The second-order valence-electron chi connectivity index (χ2n) is 5.15. The molecule has 0 aromatic heterocycles. The van der Waals surface area contributed by atoms with Crippen LogP contribution in [0.4, 0.5) is 0 Å². The van der Waals surface area contributed by atoms with Gasteiger partial charge in [-0.2, -0.15) is 0 Å². The maximum absolute atomic E-state index is 10.1. The Kier molecular flexibility index (Phi) is 3.49. The Morgan fingerprint density at radius 3 is 2.22 bits per heavy atom. The molecule has 0 saturated heterocycles. The number of benzene rings is 2. The van der Waals surface area contributed by atoms with E-state index in [2.05, 4.69) is 48.0 Å². The van der Waals surface area contributed by atoms with Gasteiger partial charge in [-0.1, -0.05) is 59.6 Å². The van der Waals surface area contributed by atoms with Gasteiger partial charge in [-0.25, -0.2) is 0 Å². The molecule has 94 valence electrons. The number of phenolic OH excluding ortho intramolecular Hbond substituents is 1. The van der Waals surface area contributed by atoms with Crippen molar-refractivity contribution in [1.82, 2.24) is 0 Å². The Hall–Kier alpha value is -1.28. The average molecular weight is 305 g/mol. The molecular weight excluding hydrogens is 288 g/mol. The third-order valence-corrected chi connectivity index (χ3v) is 3.92. The number of phenols is 1. The van der Waals surface area contributed by atoms with E-state index >= 15 is 0 Å². The topological polar surface area (TPSA) is 20.2 Å². The van der Waals surface area contributed by atoms with Crippen molar-refractivity contribution in [3.05, 3.63) is 63.6 Å². The first kappa shape index (κ1) is 13.2. The van der Waals surface area contributed by atoms with Gasteiger partial charge in [-0.3, -0.25) is 0 Å². The quantitative estimate of drug-likeness (QED) is 0.846. The van der Waals surface area contributed by atoms with Gasteiger partial charge in [0, 0.05) is 15.5 Å². The summed E-state index contributed by atoms with van der Waals surface area (Å²) in [5, 5.41) is 10.1. The summed E-state index contributed by atoms with van der Waals surface area (Å²) in [4.78, 5) is 0. The summed E-state index contributed by atoms with van der Waals surface area (Å²) in [6, 6.07) is 14.0. The Morgan fingerprint density at radius 2 is 1.61 bits per heavy atom. The normalized spacial score (nSPS) is 11.6. The van der Waals surface area contributed by atoms with Crippen LogP contribution in [-0.2, 0) is 5.41 Å². The molecule has 18 heavy (non-hydrogen) atoms. The minimum atomic E-state index is -0.212. The van der Waals surface area contributed by atoms with Crippen LogP contribution >= 0.6 is 15.9 Å². The monoisotopic (exact) mass is 304 g/mol. The summed E-state index contributed by atoms with van der Waals surface area (Å²) in [5.41, 5.74) is 3.10. The maximum atomic E-state index is 10.1. The molecule has 0 saturated carbocycles. The SMILES string of the molecule is Cc1ccc(O)c(C(C)(C)c2ccc(Br)cc2)c1. The minimum Gasteiger partial charge on any atom is -0.508 e. The third kappa shape index (κ3) is 2.44. The molecule has 0 fully saturated rings. The molecule has 0 amide bonds. The lowest BCUT2D eigenvalue weighted by Crippen LogP contribution is -2.19. The summed E-state index contributed by atoms with van der Waals surface area (Å²) in [5.74, 6) is 0.355. The Labute approximate surface area is 117 Å². The highest BCUT2D eigenvalue weighted by Gasteiger charge is 2.26. The Morgan fingerprint density at radius 1 is 1.00 bits per heavy atom. The third-order valence-electron chi connectivity index (χ3n) is 3.39. The summed E-state index contributed by atoms with van der Waals surface area (Å²) in [6.45, 7) is 6.30. The van der Waals surface area contributed by atoms with E-state index in [0.29, 0.717) is 5.75 Å². The molecule has 2 aromatic carbocycles. The smallest absolute Gasteiger partial charge is 0.119 e. The van der Waals surface area contributed by atoms with Gasteiger partial charge in [0.05, 0.1) is 0 Å². The van der Waals surface area contributed by atoms with Crippen molar-refractivity contribution in [2.75, 3.05) is 0 Å². The summed E-state index contributed by atoms with van der Waals surface area (Å²) in [7, 11) is 0. The van der Waals surface area contributed by atoms with Crippen molar-refractivity contribution >= 4 is 15.9 Å². The van der Waals surface area contributed by atoms with Gasteiger partial charge in [-0.15, -0.1) is 0 Å². The van der Waals surface area contributed by atoms with Gasteiger partial charge in [0.1, 0.15) is 5.75 Å². The molecule has 0 heterocycles. The van der Waals surface area contributed by atoms with Crippen molar-refractivity contribution < 1.29 is 5.11 Å². The van der Waals surface area contributed by atoms with Gasteiger partial charge < -0.3 is 5.11 Å². The molecule has 0 atom stereocenters. The number of rotatable bonds is 2. The first-order chi connectivity index (χ1) is 8.41. The predicted molar refractivity (Wildman–Crippen MR) is 79.1 cm³/mol. The molecule has 0 aliphatic carbocycles. The van der Waals surface area contributed by atoms with E-state index in [1.807, 2.05) is 25.1 Å². The highest BCUT2D eigenvalue weighted by Crippen LogP contribution is 2.37. The number of halogens is 1. The fourth-order valence-electron chi connectivity index (χ4n) is 2.17. The van der Waals surface area contributed by atoms with Crippen molar-refractivity contribution in [3.8, 4) is 5.75 Å². The molecule has 2 aromatic rings. The average Bonchev–Trinajstić information content (AvgIpc) is 2.32. The van der Waals surface area contributed by atoms with E-state index in [9.17, 15) is 5.11 Å². The van der Waals surface area contributed by atoms with Crippen LogP contribution in [0.25, 0.3) is 0 Å². The zero-order valence-corrected chi connectivity index (χ0v) is 12.5. The molecule has 0 bridgehead atoms. The highest BCUT2D eigenvalue weighted by atomic mass is 79.9. The summed E-state index contributed by atoms with van der Waals surface area (Å²) in [6.07, 6.45) is 0. The van der Waals surface area contributed by atoms with Crippen LogP contribution in [-0.4, -0.2) is 5.11 Å². The van der Waals surface area contributed by atoms with E-state index in [-0.39, 0.29) is 5.41 Å². The van der Waals surface area contributed by atoms with Crippen molar-refractivity contribution in [3.63, 3.8) is 0 Å². The lowest BCUT2D eigenvalue weighted by atomic mass is 9.77. The predicted octanol–water partition coefficient (Wildman–Crippen LogP) is 4.79. The lowest BCUT2D eigenvalue weighted by molar-refractivity contribution is 0.453. The zero-order chi connectivity index (χ0) is 13.3.